The molecule has 1 aromatic heterocycles. The molecule has 174 valence electrons. The molecule has 8 nitrogen and oxygen atoms in total. The predicted molar refractivity (Wildman–Crippen MR) is 130 cm³/mol. The molecule has 4 rings (SSSR count). The van der Waals surface area contributed by atoms with Gasteiger partial charge >= 0.3 is 0 Å². The summed E-state index contributed by atoms with van der Waals surface area (Å²) in [4.78, 5) is 18.0. The SMILES string of the molecule is Cc1nc(Nc2ccc(Cc3ccc(C(C)O)cc3)cc2)nc(N2CCN(CCO)CC2)n1. The van der Waals surface area contributed by atoms with E-state index in [0.29, 0.717) is 24.3 Å². The Balaban J connectivity index is 1.38. The van der Waals surface area contributed by atoms with Gasteiger partial charge in [-0.1, -0.05) is 36.4 Å². The monoisotopic (exact) mass is 448 g/mol. The quantitative estimate of drug-likeness (QED) is 0.484. The van der Waals surface area contributed by atoms with Gasteiger partial charge in [0, 0.05) is 38.4 Å². The zero-order valence-electron chi connectivity index (χ0n) is 19.3. The average molecular weight is 449 g/mol. The van der Waals surface area contributed by atoms with Gasteiger partial charge in [-0.3, -0.25) is 4.90 Å². The van der Waals surface area contributed by atoms with Gasteiger partial charge in [0.1, 0.15) is 5.82 Å². The van der Waals surface area contributed by atoms with Gasteiger partial charge in [-0.2, -0.15) is 15.0 Å². The number of β-amino-alcohol motifs (C(OH)–C–C–N with tert-alkyl or cyclic N) is 1. The third-order valence-corrected chi connectivity index (χ3v) is 5.89. The molecule has 2 aromatic carbocycles. The van der Waals surface area contributed by atoms with Crippen LogP contribution < -0.4 is 10.2 Å². The van der Waals surface area contributed by atoms with Crippen molar-refractivity contribution in [3.63, 3.8) is 0 Å². The molecule has 33 heavy (non-hydrogen) atoms. The number of aromatic nitrogens is 3. The Bertz CT molecular complexity index is 1030. The lowest BCUT2D eigenvalue weighted by molar-refractivity contribution is 0.188. The van der Waals surface area contributed by atoms with E-state index in [-0.39, 0.29) is 6.61 Å². The third-order valence-electron chi connectivity index (χ3n) is 5.89. The number of aliphatic hydroxyl groups excluding tert-OH is 2. The van der Waals surface area contributed by atoms with E-state index in [2.05, 4.69) is 54.3 Å². The Kier molecular flexibility index (Phi) is 7.49. The van der Waals surface area contributed by atoms with Gasteiger partial charge < -0.3 is 20.4 Å². The molecule has 0 bridgehead atoms. The summed E-state index contributed by atoms with van der Waals surface area (Å²) in [6.45, 7) is 7.98. The maximum atomic E-state index is 9.66. The van der Waals surface area contributed by atoms with Crippen molar-refractivity contribution in [2.45, 2.75) is 26.4 Å². The smallest absolute Gasteiger partial charge is 0.232 e. The molecule has 8 heteroatoms. The van der Waals surface area contributed by atoms with Crippen molar-refractivity contribution in [3.05, 3.63) is 71.0 Å². The summed E-state index contributed by atoms with van der Waals surface area (Å²) in [5, 5.41) is 22.1. The van der Waals surface area contributed by atoms with Crippen LogP contribution in [-0.2, 0) is 6.42 Å². The molecule has 1 atom stereocenters. The van der Waals surface area contributed by atoms with E-state index in [1.54, 1.807) is 6.92 Å². The largest absolute Gasteiger partial charge is 0.395 e. The molecule has 1 fully saturated rings. The van der Waals surface area contributed by atoms with E-state index >= 15 is 0 Å². The van der Waals surface area contributed by atoms with E-state index < -0.39 is 6.10 Å². The fourth-order valence-electron chi connectivity index (χ4n) is 3.96. The van der Waals surface area contributed by atoms with Gasteiger partial charge in [-0.15, -0.1) is 0 Å². The number of hydrogen-bond acceptors (Lipinski definition) is 8. The summed E-state index contributed by atoms with van der Waals surface area (Å²) in [5.74, 6) is 1.90. The van der Waals surface area contributed by atoms with Crippen molar-refractivity contribution in [2.24, 2.45) is 0 Å². The first-order valence-electron chi connectivity index (χ1n) is 11.4. The number of aryl methyl sites for hydroxylation is 1. The molecule has 3 aromatic rings. The van der Waals surface area contributed by atoms with Gasteiger partial charge in [-0.05, 0) is 49.1 Å². The maximum Gasteiger partial charge on any atom is 0.232 e. The van der Waals surface area contributed by atoms with Crippen LogP contribution in [0.1, 0.15) is 35.5 Å². The summed E-state index contributed by atoms with van der Waals surface area (Å²) in [5.41, 5.74) is 4.26. The van der Waals surface area contributed by atoms with Gasteiger partial charge in [0.2, 0.25) is 11.9 Å². The van der Waals surface area contributed by atoms with Crippen LogP contribution in [0.15, 0.2) is 48.5 Å². The topological polar surface area (TPSA) is 97.6 Å². The van der Waals surface area contributed by atoms with Crippen LogP contribution in [0.2, 0.25) is 0 Å². The number of benzene rings is 2. The first-order valence-corrected chi connectivity index (χ1v) is 11.4. The molecule has 1 aliphatic heterocycles. The number of rotatable bonds is 8. The van der Waals surface area contributed by atoms with Gasteiger partial charge in [0.05, 0.1) is 12.7 Å². The highest BCUT2D eigenvalue weighted by molar-refractivity contribution is 5.55. The zero-order valence-corrected chi connectivity index (χ0v) is 19.3. The number of nitrogens with one attached hydrogen (secondary N) is 1. The highest BCUT2D eigenvalue weighted by atomic mass is 16.3. The summed E-state index contributed by atoms with van der Waals surface area (Å²) in [6.07, 6.45) is 0.386. The lowest BCUT2D eigenvalue weighted by atomic mass is 10.0. The second-order valence-electron chi connectivity index (χ2n) is 8.47. The minimum absolute atomic E-state index is 0.187. The molecule has 0 amide bonds. The van der Waals surface area contributed by atoms with E-state index in [0.717, 1.165) is 43.9 Å². The fourth-order valence-corrected chi connectivity index (χ4v) is 3.96. The molecule has 2 heterocycles. The van der Waals surface area contributed by atoms with Crippen LogP contribution in [0.3, 0.4) is 0 Å². The molecule has 1 saturated heterocycles. The first-order chi connectivity index (χ1) is 16.0. The van der Waals surface area contributed by atoms with Crippen molar-refractivity contribution >= 4 is 17.6 Å². The van der Waals surface area contributed by atoms with Crippen LogP contribution in [0.25, 0.3) is 0 Å². The van der Waals surface area contributed by atoms with Crippen LogP contribution in [-0.4, -0.2) is 69.4 Å². The Labute approximate surface area is 195 Å². The molecule has 0 spiro atoms. The van der Waals surface area contributed by atoms with Gasteiger partial charge in [0.15, 0.2) is 0 Å². The van der Waals surface area contributed by atoms with Crippen molar-refractivity contribution in [1.82, 2.24) is 19.9 Å². The average Bonchev–Trinajstić information content (AvgIpc) is 2.81. The Morgan fingerprint density at radius 2 is 1.55 bits per heavy atom. The molecule has 1 aliphatic rings. The Hall–Kier alpha value is -3.07. The first kappa shape index (κ1) is 23.1. The van der Waals surface area contributed by atoms with Crippen LogP contribution in [0, 0.1) is 6.92 Å². The second-order valence-corrected chi connectivity index (χ2v) is 8.47. The molecular weight excluding hydrogens is 416 g/mol. The second kappa shape index (κ2) is 10.7. The minimum Gasteiger partial charge on any atom is -0.395 e. The predicted octanol–water partition coefficient (Wildman–Crippen LogP) is 2.68. The molecule has 1 unspecified atom stereocenters. The van der Waals surface area contributed by atoms with Crippen LogP contribution in [0.4, 0.5) is 17.6 Å². The van der Waals surface area contributed by atoms with Crippen molar-refractivity contribution in [1.29, 1.82) is 0 Å². The molecular formula is C25H32N6O2. The molecule has 3 N–H and O–H groups in total. The lowest BCUT2D eigenvalue weighted by Gasteiger charge is -2.34. The lowest BCUT2D eigenvalue weighted by Crippen LogP contribution is -2.47. The van der Waals surface area contributed by atoms with E-state index in [1.807, 2.05) is 31.2 Å². The number of anilines is 3. The minimum atomic E-state index is -0.445. The normalized spacial score (nSPS) is 15.5. The Morgan fingerprint density at radius 3 is 2.15 bits per heavy atom. The Morgan fingerprint density at radius 1 is 0.909 bits per heavy atom. The maximum absolute atomic E-state index is 9.66. The van der Waals surface area contributed by atoms with E-state index in [4.69, 9.17) is 5.11 Å². The van der Waals surface area contributed by atoms with E-state index in [9.17, 15) is 5.11 Å². The summed E-state index contributed by atoms with van der Waals surface area (Å²) in [6, 6.07) is 16.3. The van der Waals surface area contributed by atoms with E-state index in [1.165, 1.54) is 11.1 Å². The molecule has 0 saturated carbocycles. The van der Waals surface area contributed by atoms with Crippen molar-refractivity contribution < 1.29 is 10.2 Å². The van der Waals surface area contributed by atoms with Crippen LogP contribution in [0.5, 0.6) is 0 Å². The fraction of sp³-hybridized carbons (Fsp3) is 0.400. The summed E-state index contributed by atoms with van der Waals surface area (Å²) in [7, 11) is 0. The van der Waals surface area contributed by atoms with Gasteiger partial charge in [0.25, 0.3) is 0 Å². The zero-order chi connectivity index (χ0) is 23.2. The van der Waals surface area contributed by atoms with Crippen molar-refractivity contribution in [3.8, 4) is 0 Å². The molecule has 0 radical (unpaired) electrons. The summed E-state index contributed by atoms with van der Waals surface area (Å²) < 4.78 is 0. The van der Waals surface area contributed by atoms with Crippen molar-refractivity contribution in [2.75, 3.05) is 49.5 Å². The number of hydrogen-bond donors (Lipinski definition) is 3. The number of piperazine rings is 1. The molecule has 0 aliphatic carbocycles. The summed E-state index contributed by atoms with van der Waals surface area (Å²) >= 11 is 0. The number of nitrogens with zero attached hydrogens (tertiary/aromatic N) is 5. The third kappa shape index (κ3) is 6.25. The highest BCUT2D eigenvalue weighted by Crippen LogP contribution is 2.20. The van der Waals surface area contributed by atoms with Crippen LogP contribution >= 0.6 is 0 Å². The van der Waals surface area contributed by atoms with Gasteiger partial charge in [-0.25, -0.2) is 0 Å². The standard InChI is InChI=1S/C25H32N6O2/c1-18(33)22-7-3-20(4-8-22)17-21-5-9-23(10-6-21)28-24-26-19(2)27-25(29-24)31-13-11-30(12-14-31)15-16-32/h3-10,18,32-33H,11-17H2,1-2H3,(H,26,27,28,29). The number of aliphatic hydroxyl groups is 2. The highest BCUT2D eigenvalue weighted by Gasteiger charge is 2.19.